The van der Waals surface area contributed by atoms with Crippen molar-refractivity contribution in [1.82, 2.24) is 20.8 Å². The summed E-state index contributed by atoms with van der Waals surface area (Å²) in [5, 5.41) is 0.328. The Morgan fingerprint density at radius 1 is 1.15 bits per heavy atom. The van der Waals surface area contributed by atoms with E-state index in [0.717, 1.165) is 28.8 Å². The summed E-state index contributed by atoms with van der Waals surface area (Å²) in [5.74, 6) is 0.481. The highest BCUT2D eigenvalue weighted by Gasteiger charge is 2.30. The van der Waals surface area contributed by atoms with Gasteiger partial charge in [-0.15, -0.1) is 0 Å². The first kappa shape index (κ1) is 17.6. The van der Waals surface area contributed by atoms with Crippen LogP contribution < -0.4 is 10.9 Å². The van der Waals surface area contributed by atoms with Crippen LogP contribution in [0.15, 0.2) is 42.6 Å². The second-order valence-electron chi connectivity index (χ2n) is 6.43. The molecule has 5 nitrogen and oxygen atoms in total. The lowest BCUT2D eigenvalue weighted by atomic mass is 9.97. The highest BCUT2D eigenvalue weighted by molar-refractivity contribution is 5.89. The van der Waals surface area contributed by atoms with Crippen molar-refractivity contribution in [2.45, 2.75) is 19.1 Å². The van der Waals surface area contributed by atoms with E-state index in [4.69, 9.17) is 0 Å². The third-order valence-corrected chi connectivity index (χ3v) is 4.58. The molecule has 4 rings (SSSR count). The van der Waals surface area contributed by atoms with Crippen molar-refractivity contribution < 1.29 is 18.0 Å². The molecule has 0 bridgehead atoms. The number of benzene rings is 2. The van der Waals surface area contributed by atoms with E-state index in [1.165, 1.54) is 12.3 Å². The van der Waals surface area contributed by atoms with Crippen LogP contribution in [0, 0.1) is 6.92 Å². The Balaban J connectivity index is 1.69. The maximum Gasteiger partial charge on any atom is 0.416 e. The van der Waals surface area contributed by atoms with Crippen LogP contribution >= 0.6 is 0 Å². The van der Waals surface area contributed by atoms with E-state index < -0.39 is 17.8 Å². The zero-order valence-electron chi connectivity index (χ0n) is 14.3. The highest BCUT2D eigenvalue weighted by Crippen LogP contribution is 2.31. The number of nitrogens with one attached hydrogen (secondary N) is 2. The van der Waals surface area contributed by atoms with E-state index in [2.05, 4.69) is 20.8 Å². The number of aryl methyl sites for hydroxylation is 1. The lowest BCUT2D eigenvalue weighted by Gasteiger charge is -2.13. The maximum absolute atomic E-state index is 12.8. The van der Waals surface area contributed by atoms with E-state index in [9.17, 15) is 18.0 Å². The molecule has 2 N–H and O–H groups in total. The predicted molar refractivity (Wildman–Crippen MR) is 93.6 cm³/mol. The average Bonchev–Trinajstić information content (AvgIpc) is 3.05. The Bertz CT molecular complexity index is 1050. The van der Waals surface area contributed by atoms with Crippen molar-refractivity contribution in [2.24, 2.45) is 0 Å². The van der Waals surface area contributed by atoms with Crippen LogP contribution in [0.4, 0.5) is 13.2 Å². The summed E-state index contributed by atoms with van der Waals surface area (Å²) in [6, 6.07) is 8.52. The van der Waals surface area contributed by atoms with E-state index in [1.807, 2.05) is 19.1 Å². The fourth-order valence-electron chi connectivity index (χ4n) is 3.16. The van der Waals surface area contributed by atoms with E-state index in [-0.39, 0.29) is 12.3 Å². The van der Waals surface area contributed by atoms with Crippen LogP contribution in [-0.2, 0) is 11.0 Å². The Kier molecular flexibility index (Phi) is 4.16. The van der Waals surface area contributed by atoms with E-state index in [1.54, 1.807) is 6.07 Å². The number of fused-ring (bicyclic) bond motifs is 1. The standard InChI is InChI=1S/C19H15F3N4O/c1-10-6-11(2-4-14(10)17-16(27)9-24-26-17)18-23-8-12-7-13(19(20,21)22)3-5-15(12)25-18/h2-8,17,24,26H,9H2,1H3. The summed E-state index contributed by atoms with van der Waals surface area (Å²) in [7, 11) is 0. The largest absolute Gasteiger partial charge is 0.416 e. The van der Waals surface area contributed by atoms with Gasteiger partial charge in [-0.3, -0.25) is 4.79 Å². The minimum atomic E-state index is -4.40. The quantitative estimate of drug-likeness (QED) is 0.722. The van der Waals surface area contributed by atoms with E-state index in [0.29, 0.717) is 16.7 Å². The van der Waals surface area contributed by atoms with Gasteiger partial charge in [-0.1, -0.05) is 12.1 Å². The number of halogens is 3. The molecule has 0 saturated carbocycles. The van der Waals surface area contributed by atoms with Gasteiger partial charge in [-0.25, -0.2) is 20.8 Å². The Labute approximate surface area is 152 Å². The van der Waals surface area contributed by atoms with Crippen molar-refractivity contribution in [2.75, 3.05) is 6.54 Å². The number of carbonyl (C=O) groups is 1. The molecule has 1 aliphatic heterocycles. The number of hydrazine groups is 1. The zero-order valence-corrected chi connectivity index (χ0v) is 14.3. The lowest BCUT2D eigenvalue weighted by molar-refractivity contribution is -0.137. The number of nitrogens with zero attached hydrogens (tertiary/aromatic N) is 2. The third kappa shape index (κ3) is 3.29. The van der Waals surface area contributed by atoms with Gasteiger partial charge in [-0.2, -0.15) is 13.2 Å². The molecule has 3 aromatic rings. The summed E-state index contributed by atoms with van der Waals surface area (Å²) >= 11 is 0. The fraction of sp³-hybridized carbons (Fsp3) is 0.211. The van der Waals surface area contributed by atoms with Crippen LogP contribution in [0.5, 0.6) is 0 Å². The minimum Gasteiger partial charge on any atom is -0.296 e. The Morgan fingerprint density at radius 2 is 1.96 bits per heavy atom. The summed E-state index contributed by atoms with van der Waals surface area (Å²) < 4.78 is 38.5. The SMILES string of the molecule is Cc1cc(-c2ncc3cc(C(F)(F)F)ccc3n2)ccc1C1NNCC1=O. The molecule has 1 unspecified atom stereocenters. The number of hydrogen-bond donors (Lipinski definition) is 2. The van der Waals surface area contributed by atoms with Gasteiger partial charge < -0.3 is 0 Å². The molecule has 1 fully saturated rings. The minimum absolute atomic E-state index is 0.0632. The first-order chi connectivity index (χ1) is 12.8. The number of aromatic nitrogens is 2. The van der Waals surface area contributed by atoms with Crippen molar-refractivity contribution in [3.05, 3.63) is 59.3 Å². The highest BCUT2D eigenvalue weighted by atomic mass is 19.4. The molecule has 1 atom stereocenters. The molecule has 0 spiro atoms. The van der Waals surface area contributed by atoms with Crippen LogP contribution in [-0.4, -0.2) is 22.3 Å². The second kappa shape index (κ2) is 6.40. The molecule has 138 valence electrons. The van der Waals surface area contributed by atoms with Crippen LogP contribution in [0.2, 0.25) is 0 Å². The molecular weight excluding hydrogens is 357 g/mol. The average molecular weight is 372 g/mol. The second-order valence-corrected chi connectivity index (χ2v) is 6.43. The van der Waals surface area contributed by atoms with Gasteiger partial charge >= 0.3 is 6.18 Å². The Morgan fingerprint density at radius 3 is 2.63 bits per heavy atom. The zero-order chi connectivity index (χ0) is 19.2. The summed E-state index contributed by atoms with van der Waals surface area (Å²) in [4.78, 5) is 20.5. The van der Waals surface area contributed by atoms with Gasteiger partial charge in [-0.05, 0) is 42.3 Å². The fourth-order valence-corrected chi connectivity index (χ4v) is 3.16. The molecule has 1 aliphatic rings. The molecule has 2 heterocycles. The van der Waals surface area contributed by atoms with Crippen LogP contribution in [0.1, 0.15) is 22.7 Å². The normalized spacial score (nSPS) is 17.6. The van der Waals surface area contributed by atoms with Crippen molar-refractivity contribution in [3.63, 3.8) is 0 Å². The lowest BCUT2D eigenvalue weighted by Crippen LogP contribution is -2.25. The number of alkyl halides is 3. The smallest absolute Gasteiger partial charge is 0.296 e. The van der Waals surface area contributed by atoms with E-state index >= 15 is 0 Å². The number of Topliss-reactive ketones (excluding diaryl/α,β-unsaturated/α-hetero) is 1. The van der Waals surface area contributed by atoms with Crippen LogP contribution in [0.3, 0.4) is 0 Å². The molecule has 27 heavy (non-hydrogen) atoms. The molecule has 0 amide bonds. The summed E-state index contributed by atoms with van der Waals surface area (Å²) in [6.45, 7) is 2.17. The third-order valence-electron chi connectivity index (χ3n) is 4.58. The summed E-state index contributed by atoms with van der Waals surface area (Å²) in [5.41, 5.74) is 7.97. The number of hydrogen-bond acceptors (Lipinski definition) is 5. The van der Waals surface area contributed by atoms with Crippen molar-refractivity contribution in [3.8, 4) is 11.4 Å². The predicted octanol–water partition coefficient (Wildman–Crippen LogP) is 3.34. The van der Waals surface area contributed by atoms with Gasteiger partial charge in [0.15, 0.2) is 11.6 Å². The number of rotatable bonds is 2. The van der Waals surface area contributed by atoms with Gasteiger partial charge in [0.1, 0.15) is 6.04 Å². The van der Waals surface area contributed by atoms with Gasteiger partial charge in [0.2, 0.25) is 0 Å². The topological polar surface area (TPSA) is 66.9 Å². The summed E-state index contributed by atoms with van der Waals surface area (Å²) in [6.07, 6.45) is -3.01. The van der Waals surface area contributed by atoms with Gasteiger partial charge in [0.05, 0.1) is 17.6 Å². The first-order valence-corrected chi connectivity index (χ1v) is 8.29. The molecule has 1 aromatic heterocycles. The van der Waals surface area contributed by atoms with Crippen LogP contribution in [0.25, 0.3) is 22.3 Å². The van der Waals surface area contributed by atoms with Crippen molar-refractivity contribution >= 4 is 16.7 Å². The molecule has 1 saturated heterocycles. The van der Waals surface area contributed by atoms with Gasteiger partial charge in [0, 0.05) is 17.1 Å². The monoisotopic (exact) mass is 372 g/mol. The molecular formula is C19H15F3N4O. The molecule has 0 radical (unpaired) electrons. The maximum atomic E-state index is 12.8. The molecule has 2 aromatic carbocycles. The van der Waals surface area contributed by atoms with Crippen molar-refractivity contribution in [1.29, 1.82) is 0 Å². The Hall–Kier alpha value is -2.84. The van der Waals surface area contributed by atoms with Gasteiger partial charge in [0.25, 0.3) is 0 Å². The number of carbonyl (C=O) groups excluding carboxylic acids is 1. The molecule has 8 heteroatoms. The number of ketones is 1. The molecule has 0 aliphatic carbocycles. The first-order valence-electron chi connectivity index (χ1n) is 8.29.